The van der Waals surface area contributed by atoms with Crippen LogP contribution in [0.25, 0.3) is 0 Å². The number of benzene rings is 2. The number of amides is 1. The first-order chi connectivity index (χ1) is 12.4. The van der Waals surface area contributed by atoms with Gasteiger partial charge in [-0.25, -0.2) is 9.18 Å². The van der Waals surface area contributed by atoms with E-state index >= 15 is 0 Å². The Morgan fingerprint density at radius 2 is 1.69 bits per heavy atom. The van der Waals surface area contributed by atoms with E-state index in [1.807, 2.05) is 6.07 Å². The Kier molecular flexibility index (Phi) is 6.16. The minimum Gasteiger partial charge on any atom is -0.493 e. The molecule has 0 radical (unpaired) electrons. The van der Waals surface area contributed by atoms with Gasteiger partial charge < -0.3 is 19.5 Å². The average molecular weight is 361 g/mol. The van der Waals surface area contributed by atoms with E-state index < -0.39 is 23.7 Å². The van der Waals surface area contributed by atoms with Crippen molar-refractivity contribution in [3.05, 3.63) is 59.4 Å². The van der Waals surface area contributed by atoms with E-state index in [9.17, 15) is 19.1 Å². The highest BCUT2D eigenvalue weighted by Gasteiger charge is 2.29. The molecule has 2 aromatic carbocycles. The van der Waals surface area contributed by atoms with Crippen molar-refractivity contribution in [3.8, 4) is 11.5 Å². The Labute approximate surface area is 150 Å². The van der Waals surface area contributed by atoms with Gasteiger partial charge in [-0.3, -0.25) is 4.79 Å². The normalized spacial score (nSPS) is 11.5. The van der Waals surface area contributed by atoms with Crippen LogP contribution in [-0.2, 0) is 11.2 Å². The SMILES string of the molecule is COc1cc(F)c(C(=O)N(C)C(Cc2ccccc2)C(=O)O)cc1OC. The zero-order valence-corrected chi connectivity index (χ0v) is 14.7. The van der Waals surface area contributed by atoms with Gasteiger partial charge in [-0.2, -0.15) is 0 Å². The molecule has 0 saturated heterocycles. The van der Waals surface area contributed by atoms with Crippen molar-refractivity contribution < 1.29 is 28.6 Å². The molecule has 6 nitrogen and oxygen atoms in total. The molecule has 0 bridgehead atoms. The van der Waals surface area contributed by atoms with Gasteiger partial charge in [0.15, 0.2) is 11.5 Å². The topological polar surface area (TPSA) is 76.1 Å². The zero-order chi connectivity index (χ0) is 19.3. The number of halogens is 1. The van der Waals surface area contributed by atoms with Gasteiger partial charge in [0.1, 0.15) is 11.9 Å². The highest BCUT2D eigenvalue weighted by Crippen LogP contribution is 2.30. The van der Waals surface area contributed by atoms with Crippen LogP contribution in [-0.4, -0.2) is 49.2 Å². The third-order valence-electron chi connectivity index (χ3n) is 4.05. The third kappa shape index (κ3) is 4.11. The Morgan fingerprint density at radius 3 is 2.23 bits per heavy atom. The van der Waals surface area contributed by atoms with Crippen LogP contribution < -0.4 is 9.47 Å². The van der Waals surface area contributed by atoms with E-state index in [0.29, 0.717) is 0 Å². The molecule has 0 aliphatic heterocycles. The van der Waals surface area contributed by atoms with Gasteiger partial charge in [0.05, 0.1) is 19.8 Å². The number of carboxylic acid groups (broad SMARTS) is 1. The molecule has 0 spiro atoms. The predicted octanol–water partition coefficient (Wildman–Crippen LogP) is 2.61. The van der Waals surface area contributed by atoms with E-state index in [2.05, 4.69) is 0 Å². The van der Waals surface area contributed by atoms with Crippen molar-refractivity contribution in [2.75, 3.05) is 21.3 Å². The second-order valence-electron chi connectivity index (χ2n) is 5.65. The largest absolute Gasteiger partial charge is 0.493 e. The number of aliphatic carboxylic acids is 1. The summed E-state index contributed by atoms with van der Waals surface area (Å²) in [4.78, 5) is 25.4. The zero-order valence-electron chi connectivity index (χ0n) is 14.7. The van der Waals surface area contributed by atoms with Crippen molar-refractivity contribution in [1.29, 1.82) is 0 Å². The average Bonchev–Trinajstić information content (AvgIpc) is 2.65. The van der Waals surface area contributed by atoms with Crippen molar-refractivity contribution in [1.82, 2.24) is 4.90 Å². The number of methoxy groups -OCH3 is 2. The van der Waals surface area contributed by atoms with Crippen molar-refractivity contribution >= 4 is 11.9 Å². The van der Waals surface area contributed by atoms with Crippen LogP contribution in [0.3, 0.4) is 0 Å². The first-order valence-corrected chi connectivity index (χ1v) is 7.84. The van der Waals surface area contributed by atoms with Gasteiger partial charge in [-0.05, 0) is 11.6 Å². The first-order valence-electron chi connectivity index (χ1n) is 7.84. The highest BCUT2D eigenvalue weighted by atomic mass is 19.1. The lowest BCUT2D eigenvalue weighted by molar-refractivity contribution is -0.141. The van der Waals surface area contributed by atoms with Gasteiger partial charge in [0, 0.05) is 19.5 Å². The van der Waals surface area contributed by atoms with E-state index in [1.165, 1.54) is 27.3 Å². The summed E-state index contributed by atoms with van der Waals surface area (Å²) in [5.74, 6) is -2.43. The molecule has 1 N–H and O–H groups in total. The van der Waals surface area contributed by atoms with Crippen LogP contribution in [0.15, 0.2) is 42.5 Å². The lowest BCUT2D eigenvalue weighted by Gasteiger charge is -2.25. The standard InChI is InChI=1S/C19H20FNO5/c1-21(15(19(23)24)9-12-7-5-4-6-8-12)18(22)13-10-16(25-2)17(26-3)11-14(13)20/h4-8,10-11,15H,9H2,1-3H3,(H,23,24). The number of nitrogens with zero attached hydrogens (tertiary/aromatic N) is 1. The molecule has 1 unspecified atom stereocenters. The number of hydrogen-bond donors (Lipinski definition) is 1. The lowest BCUT2D eigenvalue weighted by Crippen LogP contribution is -2.44. The summed E-state index contributed by atoms with van der Waals surface area (Å²) in [6.07, 6.45) is 0.104. The summed E-state index contributed by atoms with van der Waals surface area (Å²) < 4.78 is 24.4. The van der Waals surface area contributed by atoms with Crippen molar-refractivity contribution in [2.45, 2.75) is 12.5 Å². The van der Waals surface area contributed by atoms with Gasteiger partial charge in [0.2, 0.25) is 0 Å². The summed E-state index contributed by atoms with van der Waals surface area (Å²) >= 11 is 0. The molecule has 1 atom stereocenters. The Balaban J connectivity index is 2.33. The van der Waals surface area contributed by atoms with Crippen LogP contribution in [0, 0.1) is 5.82 Å². The lowest BCUT2D eigenvalue weighted by atomic mass is 10.0. The summed E-state index contributed by atoms with van der Waals surface area (Å²) in [6, 6.07) is 10.0. The molecule has 26 heavy (non-hydrogen) atoms. The number of ether oxygens (including phenoxy) is 2. The van der Waals surface area contributed by atoms with E-state index in [4.69, 9.17) is 9.47 Å². The Morgan fingerprint density at radius 1 is 1.12 bits per heavy atom. The van der Waals surface area contributed by atoms with Gasteiger partial charge >= 0.3 is 5.97 Å². The molecule has 7 heteroatoms. The number of hydrogen-bond acceptors (Lipinski definition) is 4. The smallest absolute Gasteiger partial charge is 0.326 e. The van der Waals surface area contributed by atoms with Crippen LogP contribution in [0.4, 0.5) is 4.39 Å². The second-order valence-corrected chi connectivity index (χ2v) is 5.65. The van der Waals surface area contributed by atoms with E-state index in [-0.39, 0.29) is 23.5 Å². The third-order valence-corrected chi connectivity index (χ3v) is 4.05. The number of carbonyl (C=O) groups is 2. The molecule has 0 heterocycles. The van der Waals surface area contributed by atoms with Crippen molar-refractivity contribution in [3.63, 3.8) is 0 Å². The van der Waals surface area contributed by atoms with E-state index in [1.54, 1.807) is 24.3 Å². The van der Waals surface area contributed by atoms with E-state index in [0.717, 1.165) is 16.5 Å². The fourth-order valence-corrected chi connectivity index (χ4v) is 2.58. The molecule has 138 valence electrons. The Hall–Kier alpha value is -3.09. The molecule has 2 rings (SSSR count). The fourth-order valence-electron chi connectivity index (χ4n) is 2.58. The fraction of sp³-hybridized carbons (Fsp3) is 0.263. The molecular formula is C19H20FNO5. The molecule has 0 aliphatic rings. The minimum atomic E-state index is -1.18. The van der Waals surface area contributed by atoms with Crippen LogP contribution >= 0.6 is 0 Å². The van der Waals surface area contributed by atoms with Gasteiger partial charge in [-0.15, -0.1) is 0 Å². The molecule has 0 aromatic heterocycles. The quantitative estimate of drug-likeness (QED) is 0.820. The summed E-state index contributed by atoms with van der Waals surface area (Å²) in [5.41, 5.74) is 0.469. The molecule has 1 amide bonds. The minimum absolute atomic E-state index is 0.104. The Bertz CT molecular complexity index is 794. The maximum absolute atomic E-state index is 14.3. The molecule has 0 saturated carbocycles. The summed E-state index contributed by atoms with van der Waals surface area (Å²) in [5, 5.41) is 9.52. The maximum Gasteiger partial charge on any atom is 0.326 e. The number of likely N-dealkylation sites (N-methyl/N-ethyl adjacent to an activating group) is 1. The first kappa shape index (κ1) is 19.2. The second kappa shape index (κ2) is 8.33. The highest BCUT2D eigenvalue weighted by molar-refractivity contribution is 5.97. The van der Waals surface area contributed by atoms with Gasteiger partial charge in [0.25, 0.3) is 5.91 Å². The van der Waals surface area contributed by atoms with Crippen LogP contribution in [0.5, 0.6) is 11.5 Å². The predicted molar refractivity (Wildman–Crippen MR) is 93.2 cm³/mol. The monoisotopic (exact) mass is 361 g/mol. The van der Waals surface area contributed by atoms with Crippen LogP contribution in [0.2, 0.25) is 0 Å². The molecule has 0 aliphatic carbocycles. The number of carbonyl (C=O) groups excluding carboxylic acids is 1. The van der Waals surface area contributed by atoms with Gasteiger partial charge in [-0.1, -0.05) is 30.3 Å². The molecular weight excluding hydrogens is 341 g/mol. The summed E-state index contributed by atoms with van der Waals surface area (Å²) in [6.45, 7) is 0. The van der Waals surface area contributed by atoms with Crippen molar-refractivity contribution in [2.24, 2.45) is 0 Å². The van der Waals surface area contributed by atoms with Crippen LogP contribution in [0.1, 0.15) is 15.9 Å². The molecule has 2 aromatic rings. The summed E-state index contributed by atoms with van der Waals surface area (Å²) in [7, 11) is 4.05. The maximum atomic E-state index is 14.3. The molecule has 0 fully saturated rings. The number of carboxylic acids is 1. The number of rotatable bonds is 7.